The van der Waals surface area contributed by atoms with E-state index < -0.39 is 0 Å². The third kappa shape index (κ3) is 2.71. The standard InChI is InChI=1S/C16H17NOS/c1-2-3-10-18-12-8-9-16-14(11-12)17-13-6-4-5-7-15(13)19-16/h4-9,11,17H,2-3,10H2,1H3. The van der Waals surface area contributed by atoms with Gasteiger partial charge in [-0.05, 0) is 30.7 Å². The van der Waals surface area contributed by atoms with Crippen molar-refractivity contribution in [1.29, 1.82) is 0 Å². The van der Waals surface area contributed by atoms with Crippen molar-refractivity contribution >= 4 is 23.1 Å². The van der Waals surface area contributed by atoms with Crippen molar-refractivity contribution in [3.63, 3.8) is 0 Å². The van der Waals surface area contributed by atoms with Gasteiger partial charge in [0.05, 0.1) is 18.0 Å². The lowest BCUT2D eigenvalue weighted by molar-refractivity contribution is 0.309. The Morgan fingerprint density at radius 1 is 1.05 bits per heavy atom. The molecule has 3 heteroatoms. The Morgan fingerprint density at radius 2 is 1.89 bits per heavy atom. The molecule has 98 valence electrons. The normalized spacial score (nSPS) is 12.3. The molecule has 1 N–H and O–H groups in total. The molecule has 1 aliphatic heterocycles. The van der Waals surface area contributed by atoms with Gasteiger partial charge in [-0.2, -0.15) is 0 Å². The van der Waals surface area contributed by atoms with Gasteiger partial charge in [-0.3, -0.25) is 0 Å². The highest BCUT2D eigenvalue weighted by molar-refractivity contribution is 7.99. The Bertz CT molecular complexity index is 583. The lowest BCUT2D eigenvalue weighted by Gasteiger charge is -2.21. The maximum Gasteiger partial charge on any atom is 0.121 e. The Balaban J connectivity index is 1.80. The summed E-state index contributed by atoms with van der Waals surface area (Å²) in [6.07, 6.45) is 2.26. The number of hydrogen-bond donors (Lipinski definition) is 1. The van der Waals surface area contributed by atoms with E-state index in [1.165, 1.54) is 15.5 Å². The first kappa shape index (κ1) is 12.4. The molecule has 2 aromatic rings. The smallest absolute Gasteiger partial charge is 0.121 e. The summed E-state index contributed by atoms with van der Waals surface area (Å²) in [4.78, 5) is 2.52. The first-order valence-corrected chi connectivity index (χ1v) is 7.49. The van der Waals surface area contributed by atoms with Gasteiger partial charge in [0.15, 0.2) is 0 Å². The first-order chi connectivity index (χ1) is 9.36. The minimum atomic E-state index is 0.791. The van der Waals surface area contributed by atoms with Crippen LogP contribution >= 0.6 is 11.8 Å². The predicted octanol–water partition coefficient (Wildman–Crippen LogP) is 5.07. The number of benzene rings is 2. The van der Waals surface area contributed by atoms with E-state index in [-0.39, 0.29) is 0 Å². The highest BCUT2D eigenvalue weighted by Gasteiger charge is 2.15. The zero-order valence-electron chi connectivity index (χ0n) is 11.0. The molecule has 0 unspecified atom stereocenters. The highest BCUT2D eigenvalue weighted by atomic mass is 32.2. The van der Waals surface area contributed by atoms with Crippen LogP contribution in [0.3, 0.4) is 0 Å². The summed E-state index contributed by atoms with van der Waals surface area (Å²) in [6.45, 7) is 2.96. The number of hydrogen-bond acceptors (Lipinski definition) is 3. The monoisotopic (exact) mass is 271 g/mol. The van der Waals surface area contributed by atoms with Crippen LogP contribution in [0.25, 0.3) is 0 Å². The van der Waals surface area contributed by atoms with Crippen LogP contribution in [-0.4, -0.2) is 6.61 Å². The molecule has 0 radical (unpaired) electrons. The molecule has 2 nitrogen and oxygen atoms in total. The molecular formula is C16H17NOS. The van der Waals surface area contributed by atoms with Gasteiger partial charge in [0.2, 0.25) is 0 Å². The first-order valence-electron chi connectivity index (χ1n) is 6.67. The Hall–Kier alpha value is -1.61. The van der Waals surface area contributed by atoms with Gasteiger partial charge in [0.1, 0.15) is 5.75 Å². The van der Waals surface area contributed by atoms with Crippen LogP contribution in [0.2, 0.25) is 0 Å². The maximum absolute atomic E-state index is 5.75. The van der Waals surface area contributed by atoms with Crippen LogP contribution in [0.1, 0.15) is 19.8 Å². The number of nitrogens with one attached hydrogen (secondary N) is 1. The Morgan fingerprint density at radius 3 is 2.79 bits per heavy atom. The van der Waals surface area contributed by atoms with Gasteiger partial charge < -0.3 is 10.1 Å². The maximum atomic E-state index is 5.75. The molecule has 0 spiro atoms. The topological polar surface area (TPSA) is 21.3 Å². The van der Waals surface area contributed by atoms with E-state index in [4.69, 9.17) is 4.74 Å². The fourth-order valence-corrected chi connectivity index (χ4v) is 3.01. The number of rotatable bonds is 4. The second-order valence-corrected chi connectivity index (χ2v) is 5.67. The van der Waals surface area contributed by atoms with E-state index in [9.17, 15) is 0 Å². The largest absolute Gasteiger partial charge is 0.494 e. The summed E-state index contributed by atoms with van der Waals surface area (Å²) in [7, 11) is 0. The predicted molar refractivity (Wildman–Crippen MR) is 80.7 cm³/mol. The molecule has 0 atom stereocenters. The lowest BCUT2D eigenvalue weighted by atomic mass is 10.2. The molecule has 3 rings (SSSR count). The molecule has 0 aliphatic carbocycles. The number of ether oxygens (including phenoxy) is 1. The molecular weight excluding hydrogens is 254 g/mol. The molecule has 1 heterocycles. The summed E-state index contributed by atoms with van der Waals surface area (Å²) in [5.41, 5.74) is 2.31. The van der Waals surface area contributed by atoms with Crippen LogP contribution < -0.4 is 10.1 Å². The number of fused-ring (bicyclic) bond motifs is 2. The molecule has 2 aromatic carbocycles. The number of unbranched alkanes of at least 4 members (excludes halogenated alkanes) is 1. The van der Waals surface area contributed by atoms with E-state index in [1.807, 2.05) is 0 Å². The van der Waals surface area contributed by atoms with Gasteiger partial charge >= 0.3 is 0 Å². The molecule has 19 heavy (non-hydrogen) atoms. The fraction of sp³-hybridized carbons (Fsp3) is 0.250. The van der Waals surface area contributed by atoms with E-state index >= 15 is 0 Å². The quantitative estimate of drug-likeness (QED) is 0.669. The molecule has 0 saturated carbocycles. The number of anilines is 2. The van der Waals surface area contributed by atoms with Crippen molar-refractivity contribution in [3.8, 4) is 5.75 Å². The minimum absolute atomic E-state index is 0.791. The third-order valence-corrected chi connectivity index (χ3v) is 4.25. The second kappa shape index (κ2) is 5.57. The van der Waals surface area contributed by atoms with Crippen LogP contribution in [-0.2, 0) is 0 Å². The van der Waals surface area contributed by atoms with E-state index in [0.717, 1.165) is 30.9 Å². The summed E-state index contributed by atoms with van der Waals surface area (Å²) in [5.74, 6) is 0.944. The van der Waals surface area contributed by atoms with Crippen molar-refractivity contribution in [1.82, 2.24) is 0 Å². The summed E-state index contributed by atoms with van der Waals surface area (Å²) >= 11 is 1.80. The molecule has 1 aliphatic rings. The molecule has 0 amide bonds. The van der Waals surface area contributed by atoms with E-state index in [2.05, 4.69) is 54.7 Å². The lowest BCUT2D eigenvalue weighted by Crippen LogP contribution is -2.01. The molecule has 0 aromatic heterocycles. The van der Waals surface area contributed by atoms with Crippen LogP contribution in [0.4, 0.5) is 11.4 Å². The van der Waals surface area contributed by atoms with E-state index in [0.29, 0.717) is 0 Å². The van der Waals surface area contributed by atoms with Crippen LogP contribution in [0.15, 0.2) is 52.3 Å². The van der Waals surface area contributed by atoms with Crippen molar-refractivity contribution in [3.05, 3.63) is 42.5 Å². The van der Waals surface area contributed by atoms with Gasteiger partial charge in [-0.25, -0.2) is 0 Å². The summed E-state index contributed by atoms with van der Waals surface area (Å²) in [6, 6.07) is 14.6. The summed E-state index contributed by atoms with van der Waals surface area (Å²) < 4.78 is 5.75. The van der Waals surface area contributed by atoms with Crippen molar-refractivity contribution in [2.75, 3.05) is 11.9 Å². The Labute approximate surface area is 118 Å². The average molecular weight is 271 g/mol. The Kier molecular flexibility index (Phi) is 3.65. The zero-order chi connectivity index (χ0) is 13.1. The van der Waals surface area contributed by atoms with E-state index in [1.54, 1.807) is 11.8 Å². The minimum Gasteiger partial charge on any atom is -0.494 e. The van der Waals surface area contributed by atoms with Gasteiger partial charge in [-0.1, -0.05) is 37.2 Å². The molecule has 0 saturated heterocycles. The SMILES string of the molecule is CCCCOc1ccc2c(c1)Nc1ccccc1S2. The molecule has 0 bridgehead atoms. The van der Waals surface area contributed by atoms with Gasteiger partial charge in [0.25, 0.3) is 0 Å². The van der Waals surface area contributed by atoms with Crippen molar-refractivity contribution in [2.45, 2.75) is 29.6 Å². The zero-order valence-corrected chi connectivity index (χ0v) is 11.8. The number of para-hydroxylation sites is 1. The fourth-order valence-electron chi connectivity index (χ4n) is 2.04. The van der Waals surface area contributed by atoms with Crippen molar-refractivity contribution < 1.29 is 4.74 Å². The average Bonchev–Trinajstić information content (AvgIpc) is 2.45. The van der Waals surface area contributed by atoms with Crippen molar-refractivity contribution in [2.24, 2.45) is 0 Å². The highest BCUT2D eigenvalue weighted by Crippen LogP contribution is 2.44. The molecule has 0 fully saturated rings. The van der Waals surface area contributed by atoms with Gasteiger partial charge in [0, 0.05) is 15.9 Å². The second-order valence-electron chi connectivity index (χ2n) is 4.58. The summed E-state index contributed by atoms with van der Waals surface area (Å²) in [5, 5.41) is 3.47. The van der Waals surface area contributed by atoms with Gasteiger partial charge in [-0.15, -0.1) is 0 Å². The van der Waals surface area contributed by atoms with Crippen LogP contribution in [0.5, 0.6) is 5.75 Å². The van der Waals surface area contributed by atoms with Crippen LogP contribution in [0, 0.1) is 0 Å². The third-order valence-electron chi connectivity index (χ3n) is 3.09.